The summed E-state index contributed by atoms with van der Waals surface area (Å²) in [5, 5.41) is 5.23. The third kappa shape index (κ3) is 6.33. The van der Waals surface area contributed by atoms with Crippen LogP contribution < -0.4 is 0 Å². The Bertz CT molecular complexity index is 851. The number of imide groups is 1. The topological polar surface area (TPSA) is 88.5 Å². The maximum Gasteiger partial charge on any atom is 0.438 e. The van der Waals surface area contributed by atoms with Crippen molar-refractivity contribution in [3.63, 3.8) is 0 Å². The lowest BCUT2D eigenvalue weighted by Crippen LogP contribution is -2.53. The zero-order chi connectivity index (χ0) is 22.1. The maximum atomic E-state index is 12.7. The summed E-state index contributed by atoms with van der Waals surface area (Å²) < 4.78 is 10.6. The summed E-state index contributed by atoms with van der Waals surface area (Å²) >= 11 is 12.1. The fourth-order valence-corrected chi connectivity index (χ4v) is 2.82. The second-order valence-corrected chi connectivity index (χ2v) is 9.21. The minimum atomic E-state index is -0.961. The molecule has 158 valence electrons. The molecule has 0 atom stereocenters. The Hall–Kier alpha value is -2.32. The van der Waals surface area contributed by atoms with Crippen LogP contribution in [0, 0.1) is 0 Å². The van der Waals surface area contributed by atoms with Gasteiger partial charge in [0, 0.05) is 15.6 Å². The molecule has 0 saturated carbocycles. The molecule has 3 amide bonds. The van der Waals surface area contributed by atoms with Gasteiger partial charge in [-0.1, -0.05) is 23.2 Å². The Morgan fingerprint density at radius 1 is 0.931 bits per heavy atom. The SMILES string of the molecule is CC(C)(C)OC(=O)N1CC(=O)N(C(=O)OC(C)(C)C)N=C1c1cc(Cl)cc(Cl)c1. The summed E-state index contributed by atoms with van der Waals surface area (Å²) in [5.41, 5.74) is -1.32. The first kappa shape index (κ1) is 23.0. The summed E-state index contributed by atoms with van der Waals surface area (Å²) in [5.74, 6) is -0.768. The lowest BCUT2D eigenvalue weighted by Gasteiger charge is -2.33. The maximum absolute atomic E-state index is 12.7. The predicted molar refractivity (Wildman–Crippen MR) is 109 cm³/mol. The van der Waals surface area contributed by atoms with E-state index in [9.17, 15) is 14.4 Å². The molecule has 0 saturated heterocycles. The van der Waals surface area contributed by atoms with Crippen molar-refractivity contribution >= 4 is 47.1 Å². The lowest BCUT2D eigenvalue weighted by atomic mass is 10.1. The number of nitrogens with zero attached hydrogens (tertiary/aromatic N) is 3. The van der Waals surface area contributed by atoms with E-state index >= 15 is 0 Å². The van der Waals surface area contributed by atoms with Crippen LogP contribution in [0.15, 0.2) is 23.3 Å². The summed E-state index contributed by atoms with van der Waals surface area (Å²) in [6.45, 7) is 9.58. The van der Waals surface area contributed by atoms with Gasteiger partial charge >= 0.3 is 12.2 Å². The first-order chi connectivity index (χ1) is 13.2. The summed E-state index contributed by atoms with van der Waals surface area (Å²) in [4.78, 5) is 38.7. The number of benzene rings is 1. The normalized spacial score (nSPS) is 15.2. The smallest absolute Gasteiger partial charge is 0.438 e. The lowest BCUT2D eigenvalue weighted by molar-refractivity contribution is -0.131. The van der Waals surface area contributed by atoms with E-state index in [0.717, 1.165) is 4.90 Å². The van der Waals surface area contributed by atoms with E-state index in [-0.39, 0.29) is 5.84 Å². The van der Waals surface area contributed by atoms with E-state index in [4.69, 9.17) is 32.7 Å². The number of hydrogen-bond acceptors (Lipinski definition) is 6. The quantitative estimate of drug-likeness (QED) is 0.628. The largest absolute Gasteiger partial charge is 0.443 e. The standard InChI is InChI=1S/C19H23Cl2N3O5/c1-18(2,3)28-16(26)23-10-14(25)24(17(27)29-19(4,5)6)22-15(23)11-7-12(20)9-13(21)8-11/h7-9H,10H2,1-6H3. The van der Waals surface area contributed by atoms with Crippen LogP contribution in [0.3, 0.4) is 0 Å². The third-order valence-electron chi connectivity index (χ3n) is 3.28. The van der Waals surface area contributed by atoms with E-state index in [1.807, 2.05) is 0 Å². The molecular formula is C19H23Cl2N3O5. The molecule has 2 rings (SSSR count). The molecule has 1 aliphatic heterocycles. The predicted octanol–water partition coefficient (Wildman–Crippen LogP) is 4.67. The van der Waals surface area contributed by atoms with Crippen LogP contribution in [-0.4, -0.2) is 51.6 Å². The molecule has 10 heteroatoms. The van der Waals surface area contributed by atoms with Gasteiger partial charge in [0.05, 0.1) is 0 Å². The van der Waals surface area contributed by atoms with Gasteiger partial charge in [-0.15, -0.1) is 10.1 Å². The van der Waals surface area contributed by atoms with E-state index < -0.39 is 35.8 Å². The van der Waals surface area contributed by atoms with Gasteiger partial charge in [0.2, 0.25) is 0 Å². The van der Waals surface area contributed by atoms with E-state index in [1.165, 1.54) is 18.2 Å². The molecule has 0 aromatic heterocycles. The number of hydrogen-bond donors (Lipinski definition) is 0. The van der Waals surface area contributed by atoms with Crippen molar-refractivity contribution in [3.05, 3.63) is 33.8 Å². The fraction of sp³-hybridized carbons (Fsp3) is 0.474. The van der Waals surface area contributed by atoms with Crippen LogP contribution >= 0.6 is 23.2 Å². The molecule has 0 N–H and O–H groups in total. The van der Waals surface area contributed by atoms with Crippen molar-refractivity contribution in [2.24, 2.45) is 5.10 Å². The molecule has 29 heavy (non-hydrogen) atoms. The Morgan fingerprint density at radius 2 is 1.41 bits per heavy atom. The number of amides is 3. The summed E-state index contributed by atoms with van der Waals surface area (Å²) in [6, 6.07) is 4.52. The van der Waals surface area contributed by atoms with Gasteiger partial charge < -0.3 is 9.47 Å². The summed E-state index contributed by atoms with van der Waals surface area (Å²) in [6.07, 6.45) is -1.76. The van der Waals surface area contributed by atoms with Gasteiger partial charge in [0.25, 0.3) is 5.91 Å². The van der Waals surface area contributed by atoms with Gasteiger partial charge in [-0.05, 0) is 59.7 Å². The average molecular weight is 444 g/mol. The van der Waals surface area contributed by atoms with E-state index in [2.05, 4.69) is 5.10 Å². The zero-order valence-electron chi connectivity index (χ0n) is 17.1. The van der Waals surface area contributed by atoms with Crippen molar-refractivity contribution in [1.29, 1.82) is 0 Å². The molecule has 0 bridgehead atoms. The minimum absolute atomic E-state index is 0.0193. The molecule has 0 fully saturated rings. The molecule has 0 aliphatic carbocycles. The number of carbonyl (C=O) groups is 3. The van der Waals surface area contributed by atoms with Crippen molar-refractivity contribution in [3.8, 4) is 0 Å². The van der Waals surface area contributed by atoms with Crippen molar-refractivity contribution in [1.82, 2.24) is 9.91 Å². The highest BCUT2D eigenvalue weighted by atomic mass is 35.5. The Labute approximate surface area is 179 Å². The Morgan fingerprint density at radius 3 is 1.90 bits per heavy atom. The van der Waals surface area contributed by atoms with E-state index in [0.29, 0.717) is 20.6 Å². The van der Waals surface area contributed by atoms with Gasteiger partial charge in [-0.2, -0.15) is 0 Å². The monoisotopic (exact) mass is 443 g/mol. The Kier molecular flexibility index (Phi) is 6.49. The highest BCUT2D eigenvalue weighted by Crippen LogP contribution is 2.24. The first-order valence-corrected chi connectivity index (χ1v) is 9.53. The molecule has 1 aromatic rings. The molecule has 0 spiro atoms. The van der Waals surface area contributed by atoms with Crippen molar-refractivity contribution in [2.45, 2.75) is 52.7 Å². The second-order valence-electron chi connectivity index (χ2n) is 8.33. The van der Waals surface area contributed by atoms with Crippen LogP contribution in [0.5, 0.6) is 0 Å². The molecule has 0 unspecified atom stereocenters. The van der Waals surface area contributed by atoms with Gasteiger partial charge in [0.1, 0.15) is 17.7 Å². The number of hydrazone groups is 1. The van der Waals surface area contributed by atoms with Crippen LogP contribution in [0.1, 0.15) is 47.1 Å². The first-order valence-electron chi connectivity index (χ1n) is 8.78. The second kappa shape index (κ2) is 8.20. The summed E-state index contributed by atoms with van der Waals surface area (Å²) in [7, 11) is 0. The minimum Gasteiger partial charge on any atom is -0.443 e. The third-order valence-corrected chi connectivity index (χ3v) is 3.72. The van der Waals surface area contributed by atoms with Crippen LogP contribution in [0.2, 0.25) is 10.0 Å². The molecular weight excluding hydrogens is 421 g/mol. The van der Waals surface area contributed by atoms with E-state index in [1.54, 1.807) is 41.5 Å². The molecule has 1 heterocycles. The Balaban J connectivity index is 2.52. The van der Waals surface area contributed by atoms with Gasteiger partial charge in [-0.25, -0.2) is 14.5 Å². The van der Waals surface area contributed by atoms with Crippen molar-refractivity contribution < 1.29 is 23.9 Å². The average Bonchev–Trinajstić information content (AvgIpc) is 2.50. The molecule has 8 nitrogen and oxygen atoms in total. The van der Waals surface area contributed by atoms with Crippen LogP contribution in [-0.2, 0) is 14.3 Å². The van der Waals surface area contributed by atoms with Crippen LogP contribution in [0.4, 0.5) is 9.59 Å². The molecule has 1 aromatic carbocycles. The number of ether oxygens (including phenoxy) is 2. The highest BCUT2D eigenvalue weighted by Gasteiger charge is 2.38. The highest BCUT2D eigenvalue weighted by molar-refractivity contribution is 6.35. The number of amidine groups is 1. The van der Waals surface area contributed by atoms with Crippen LogP contribution in [0.25, 0.3) is 0 Å². The van der Waals surface area contributed by atoms with Gasteiger partial charge in [0.15, 0.2) is 5.84 Å². The van der Waals surface area contributed by atoms with Gasteiger partial charge in [-0.3, -0.25) is 4.79 Å². The zero-order valence-corrected chi connectivity index (χ0v) is 18.6. The number of carbonyl (C=O) groups excluding carboxylic acids is 3. The van der Waals surface area contributed by atoms with Crippen molar-refractivity contribution in [2.75, 3.05) is 6.54 Å². The molecule has 0 radical (unpaired) electrons. The molecule has 1 aliphatic rings. The number of halogens is 2. The fourth-order valence-electron chi connectivity index (χ4n) is 2.29. The number of rotatable bonds is 1.